The van der Waals surface area contributed by atoms with Crippen LogP contribution >= 0.6 is 49.9 Å². The molecule has 0 saturated carbocycles. The Morgan fingerprint density at radius 1 is 1.30 bits per heavy atom. The highest BCUT2D eigenvalue weighted by molar-refractivity contribution is 9.10. The summed E-state index contributed by atoms with van der Waals surface area (Å²) in [6.07, 6.45) is 0.239. The number of hydrogen-bond donors (Lipinski definition) is 1. The van der Waals surface area contributed by atoms with Crippen LogP contribution in [0.4, 0.5) is 5.13 Å². The molecule has 0 saturated heterocycles. The van der Waals surface area contributed by atoms with E-state index in [2.05, 4.69) is 36.4 Å². The van der Waals surface area contributed by atoms with Gasteiger partial charge in [0.25, 0.3) is 0 Å². The van der Waals surface area contributed by atoms with Gasteiger partial charge in [-0.1, -0.05) is 11.3 Å². The summed E-state index contributed by atoms with van der Waals surface area (Å²) in [5.74, 6) is -0.133. The van der Waals surface area contributed by atoms with E-state index in [1.807, 2.05) is 16.8 Å². The molecular formula is C11H7BrN4OS3. The lowest BCUT2D eigenvalue weighted by Crippen LogP contribution is -2.14. The lowest BCUT2D eigenvalue weighted by molar-refractivity contribution is -0.115. The van der Waals surface area contributed by atoms with Gasteiger partial charge in [-0.2, -0.15) is 0 Å². The van der Waals surface area contributed by atoms with Crippen molar-refractivity contribution in [3.8, 4) is 9.88 Å². The fourth-order valence-electron chi connectivity index (χ4n) is 1.48. The third kappa shape index (κ3) is 3.29. The number of rotatable bonds is 4. The largest absolute Gasteiger partial charge is 0.300 e. The van der Waals surface area contributed by atoms with Gasteiger partial charge in [-0.25, -0.2) is 4.98 Å². The first-order valence-electron chi connectivity index (χ1n) is 5.45. The van der Waals surface area contributed by atoms with Crippen molar-refractivity contribution in [1.29, 1.82) is 0 Å². The molecule has 0 fully saturated rings. The fraction of sp³-hybridized carbons (Fsp3) is 0.0909. The molecular weight excluding hydrogens is 380 g/mol. The molecule has 0 radical (unpaired) electrons. The molecule has 0 unspecified atom stereocenters. The van der Waals surface area contributed by atoms with Gasteiger partial charge in [-0.05, 0) is 22.0 Å². The molecule has 0 aliphatic carbocycles. The third-order valence-corrected chi connectivity index (χ3v) is 5.64. The summed E-state index contributed by atoms with van der Waals surface area (Å²) in [5, 5.41) is 15.5. The number of aromatic nitrogens is 3. The molecule has 102 valence electrons. The first-order valence-corrected chi connectivity index (χ1v) is 8.89. The zero-order valence-electron chi connectivity index (χ0n) is 9.87. The molecule has 3 aromatic rings. The second-order valence-corrected chi connectivity index (χ2v) is 7.26. The standard InChI is InChI=1S/C11H7BrN4OS3/c12-6-1-8(18-3-6)10-14-7(4-19-10)2-9(17)15-11-16-13-5-20-11/h1,3-5H,2H2,(H,15,16,17). The minimum Gasteiger partial charge on any atom is -0.300 e. The minimum absolute atomic E-state index is 0.133. The second-order valence-electron chi connectivity index (χ2n) is 3.74. The Bertz CT molecular complexity index is 722. The number of thiazole rings is 1. The highest BCUT2D eigenvalue weighted by atomic mass is 79.9. The van der Waals surface area contributed by atoms with Gasteiger partial charge >= 0.3 is 0 Å². The molecule has 1 amide bonds. The van der Waals surface area contributed by atoms with Crippen LogP contribution in [0.15, 0.2) is 26.8 Å². The summed E-state index contributed by atoms with van der Waals surface area (Å²) >= 11 is 7.87. The van der Waals surface area contributed by atoms with Crippen LogP contribution in [0, 0.1) is 0 Å². The molecule has 20 heavy (non-hydrogen) atoms. The smallest absolute Gasteiger partial charge is 0.232 e. The van der Waals surface area contributed by atoms with Gasteiger partial charge < -0.3 is 5.32 Å². The van der Waals surface area contributed by atoms with E-state index >= 15 is 0 Å². The molecule has 0 bridgehead atoms. The predicted octanol–water partition coefficient (Wildman–Crippen LogP) is 3.67. The molecule has 0 aliphatic rings. The van der Waals surface area contributed by atoms with Crippen molar-refractivity contribution >= 4 is 61.0 Å². The van der Waals surface area contributed by atoms with Crippen LogP contribution in [0.2, 0.25) is 0 Å². The maximum absolute atomic E-state index is 11.8. The van der Waals surface area contributed by atoms with Crippen molar-refractivity contribution in [2.75, 3.05) is 5.32 Å². The maximum atomic E-state index is 11.8. The van der Waals surface area contributed by atoms with Gasteiger partial charge in [-0.3, -0.25) is 4.79 Å². The number of hydrogen-bond acceptors (Lipinski definition) is 7. The Morgan fingerprint density at radius 3 is 2.90 bits per heavy atom. The van der Waals surface area contributed by atoms with Crippen LogP contribution in [-0.4, -0.2) is 21.1 Å². The molecule has 9 heteroatoms. The summed E-state index contributed by atoms with van der Waals surface area (Å²) in [5.41, 5.74) is 2.34. The monoisotopic (exact) mass is 386 g/mol. The van der Waals surface area contributed by atoms with Crippen molar-refractivity contribution in [2.24, 2.45) is 0 Å². The van der Waals surface area contributed by atoms with Crippen LogP contribution in [0.25, 0.3) is 9.88 Å². The van der Waals surface area contributed by atoms with Gasteiger partial charge in [0.2, 0.25) is 11.0 Å². The first kappa shape index (κ1) is 13.8. The fourth-order valence-corrected chi connectivity index (χ4v) is 4.27. The Labute approximate surface area is 134 Å². The number of anilines is 1. The first-order chi connectivity index (χ1) is 9.70. The van der Waals surface area contributed by atoms with Crippen LogP contribution in [0.5, 0.6) is 0 Å². The lowest BCUT2D eigenvalue weighted by atomic mass is 10.3. The van der Waals surface area contributed by atoms with Crippen molar-refractivity contribution in [1.82, 2.24) is 15.2 Å². The van der Waals surface area contributed by atoms with Crippen LogP contribution in [-0.2, 0) is 11.2 Å². The van der Waals surface area contributed by atoms with Gasteiger partial charge in [-0.15, -0.1) is 32.9 Å². The quantitative estimate of drug-likeness (QED) is 0.742. The summed E-state index contributed by atoms with van der Waals surface area (Å²) in [6, 6.07) is 2.02. The number of thiophene rings is 1. The van der Waals surface area contributed by atoms with E-state index in [0.29, 0.717) is 5.13 Å². The molecule has 5 nitrogen and oxygen atoms in total. The zero-order valence-corrected chi connectivity index (χ0v) is 13.9. The van der Waals surface area contributed by atoms with Crippen molar-refractivity contribution in [3.63, 3.8) is 0 Å². The van der Waals surface area contributed by atoms with Crippen molar-refractivity contribution < 1.29 is 4.79 Å². The van der Waals surface area contributed by atoms with Gasteiger partial charge in [0.15, 0.2) is 0 Å². The summed E-state index contributed by atoms with van der Waals surface area (Å²) in [7, 11) is 0. The molecule has 3 heterocycles. The highest BCUT2D eigenvalue weighted by Gasteiger charge is 2.11. The van der Waals surface area contributed by atoms with Crippen LogP contribution in [0.3, 0.4) is 0 Å². The second kappa shape index (κ2) is 6.08. The number of amides is 1. The molecule has 0 aromatic carbocycles. The molecule has 3 aromatic heterocycles. The number of carbonyl (C=O) groups excluding carboxylic acids is 1. The van der Waals surface area contributed by atoms with Gasteiger partial charge in [0, 0.05) is 15.2 Å². The van der Waals surface area contributed by atoms with E-state index in [4.69, 9.17) is 0 Å². The Morgan fingerprint density at radius 2 is 2.20 bits per heavy atom. The van der Waals surface area contributed by atoms with E-state index in [1.165, 1.54) is 22.7 Å². The Hall–Kier alpha value is -1.16. The molecule has 0 atom stereocenters. The predicted molar refractivity (Wildman–Crippen MR) is 85.4 cm³/mol. The molecule has 0 aliphatic heterocycles. The highest BCUT2D eigenvalue weighted by Crippen LogP contribution is 2.32. The topological polar surface area (TPSA) is 67.8 Å². The van der Waals surface area contributed by atoms with Crippen LogP contribution in [0.1, 0.15) is 5.69 Å². The van der Waals surface area contributed by atoms with E-state index in [0.717, 1.165) is 20.1 Å². The van der Waals surface area contributed by atoms with E-state index < -0.39 is 0 Å². The van der Waals surface area contributed by atoms with E-state index in [1.54, 1.807) is 16.8 Å². The minimum atomic E-state index is -0.133. The molecule has 1 N–H and O–H groups in total. The average molecular weight is 387 g/mol. The van der Waals surface area contributed by atoms with E-state index in [-0.39, 0.29) is 12.3 Å². The Balaban J connectivity index is 1.66. The zero-order chi connectivity index (χ0) is 13.9. The van der Waals surface area contributed by atoms with E-state index in [9.17, 15) is 4.79 Å². The normalized spacial score (nSPS) is 10.7. The van der Waals surface area contributed by atoms with Crippen LogP contribution < -0.4 is 5.32 Å². The van der Waals surface area contributed by atoms with Gasteiger partial charge in [0.05, 0.1) is 17.0 Å². The number of halogens is 1. The van der Waals surface area contributed by atoms with Crippen molar-refractivity contribution in [2.45, 2.75) is 6.42 Å². The molecule has 0 spiro atoms. The van der Waals surface area contributed by atoms with Gasteiger partial charge in [0.1, 0.15) is 10.5 Å². The summed E-state index contributed by atoms with van der Waals surface area (Å²) in [4.78, 5) is 17.4. The number of nitrogens with zero attached hydrogens (tertiary/aromatic N) is 3. The SMILES string of the molecule is O=C(Cc1csc(-c2cc(Br)cs2)n1)Nc1nncs1. The number of nitrogens with one attached hydrogen (secondary N) is 1. The molecule has 3 rings (SSSR count). The average Bonchev–Trinajstić information content (AvgIpc) is 3.10. The maximum Gasteiger partial charge on any atom is 0.232 e. The third-order valence-electron chi connectivity index (χ3n) is 2.28. The Kier molecular flexibility index (Phi) is 4.20. The summed E-state index contributed by atoms with van der Waals surface area (Å²) < 4.78 is 1.04. The van der Waals surface area contributed by atoms with Crippen molar-refractivity contribution in [3.05, 3.63) is 32.5 Å². The summed E-state index contributed by atoms with van der Waals surface area (Å²) in [6.45, 7) is 0. The lowest BCUT2D eigenvalue weighted by Gasteiger charge is -1.97. The number of carbonyl (C=O) groups is 1.